The third-order valence-electron chi connectivity index (χ3n) is 4.06. The number of fused-ring (bicyclic) bond motifs is 1. The van der Waals surface area contributed by atoms with Gasteiger partial charge in [0.1, 0.15) is 5.75 Å². The molecule has 5 nitrogen and oxygen atoms in total. The van der Waals surface area contributed by atoms with Crippen molar-refractivity contribution >= 4 is 28.6 Å². The van der Waals surface area contributed by atoms with Crippen molar-refractivity contribution in [3.8, 4) is 11.8 Å². The third-order valence-corrected chi connectivity index (χ3v) is 4.06. The van der Waals surface area contributed by atoms with Crippen LogP contribution in [0.15, 0.2) is 60.8 Å². The number of carbonyl (C=O) groups is 1. The van der Waals surface area contributed by atoms with Crippen molar-refractivity contribution in [3.63, 3.8) is 0 Å². The van der Waals surface area contributed by atoms with Crippen LogP contribution in [0.5, 0.6) is 5.75 Å². The third kappa shape index (κ3) is 3.93. The highest BCUT2D eigenvalue weighted by Gasteiger charge is 2.06. The molecule has 0 atom stereocenters. The molecule has 0 aliphatic heterocycles. The zero-order valence-corrected chi connectivity index (χ0v) is 14.5. The lowest BCUT2D eigenvalue weighted by Gasteiger charge is -2.03. The number of rotatable bonds is 6. The molecule has 0 fully saturated rings. The lowest BCUT2D eigenvalue weighted by Crippen LogP contribution is -2.07. The number of methoxy groups -OCH3 is 1. The molecule has 3 rings (SSSR count). The number of hydrogen-bond acceptors (Lipinski definition) is 3. The number of nitriles is 1. The quantitative estimate of drug-likeness (QED) is 0.680. The predicted octanol–water partition coefficient (Wildman–Crippen LogP) is 4.22. The number of aromatic nitrogens is 1. The Kier molecular flexibility index (Phi) is 5.35. The number of nitrogens with zero attached hydrogens (tertiary/aromatic N) is 2. The van der Waals surface area contributed by atoms with Crippen LogP contribution in [0.4, 0.5) is 5.69 Å². The first-order chi connectivity index (χ1) is 12.7. The van der Waals surface area contributed by atoms with Crippen molar-refractivity contribution < 1.29 is 9.53 Å². The maximum atomic E-state index is 12.2. The first-order valence-electron chi connectivity index (χ1n) is 8.29. The highest BCUT2D eigenvalue weighted by Crippen LogP contribution is 2.23. The summed E-state index contributed by atoms with van der Waals surface area (Å²) in [5.74, 6) is 0.535. The summed E-state index contributed by atoms with van der Waals surface area (Å²) in [5, 5.41) is 12.7. The Balaban J connectivity index is 1.76. The minimum Gasteiger partial charge on any atom is -0.497 e. The molecule has 0 aliphatic carbocycles. The van der Waals surface area contributed by atoms with Gasteiger partial charge in [0.05, 0.1) is 19.6 Å². The van der Waals surface area contributed by atoms with Gasteiger partial charge < -0.3 is 14.6 Å². The van der Waals surface area contributed by atoms with Crippen molar-refractivity contribution in [1.82, 2.24) is 4.57 Å². The summed E-state index contributed by atoms with van der Waals surface area (Å²) in [5.41, 5.74) is 2.71. The van der Waals surface area contributed by atoms with Crippen LogP contribution in [0.25, 0.3) is 17.0 Å². The van der Waals surface area contributed by atoms with E-state index in [0.29, 0.717) is 18.7 Å². The van der Waals surface area contributed by atoms with Crippen molar-refractivity contribution in [2.24, 2.45) is 0 Å². The number of para-hydroxylation sites is 1. The monoisotopic (exact) mass is 345 g/mol. The van der Waals surface area contributed by atoms with E-state index in [9.17, 15) is 4.79 Å². The number of anilines is 1. The van der Waals surface area contributed by atoms with Gasteiger partial charge in [-0.1, -0.05) is 18.2 Å². The highest BCUT2D eigenvalue weighted by molar-refractivity contribution is 6.03. The summed E-state index contributed by atoms with van der Waals surface area (Å²) >= 11 is 0. The van der Waals surface area contributed by atoms with Crippen LogP contribution in [0.2, 0.25) is 0 Å². The van der Waals surface area contributed by atoms with Crippen LogP contribution < -0.4 is 10.1 Å². The van der Waals surface area contributed by atoms with E-state index in [1.165, 1.54) is 6.08 Å². The molecule has 0 bridgehead atoms. The van der Waals surface area contributed by atoms with Crippen LogP contribution in [0.3, 0.4) is 0 Å². The zero-order valence-electron chi connectivity index (χ0n) is 14.5. The van der Waals surface area contributed by atoms with Gasteiger partial charge in [-0.05, 0) is 36.4 Å². The molecule has 5 heteroatoms. The molecular weight excluding hydrogens is 326 g/mol. The molecule has 0 saturated carbocycles. The molecular formula is C21H19N3O2. The van der Waals surface area contributed by atoms with Gasteiger partial charge in [-0.15, -0.1) is 0 Å². The van der Waals surface area contributed by atoms with Gasteiger partial charge in [-0.3, -0.25) is 4.79 Å². The van der Waals surface area contributed by atoms with Crippen LogP contribution in [0.1, 0.15) is 12.0 Å². The van der Waals surface area contributed by atoms with Crippen LogP contribution in [-0.4, -0.2) is 17.6 Å². The van der Waals surface area contributed by atoms with Crippen molar-refractivity contribution in [1.29, 1.82) is 5.26 Å². The number of nitrogens with one attached hydrogen (secondary N) is 1. The fourth-order valence-corrected chi connectivity index (χ4v) is 2.79. The summed E-state index contributed by atoms with van der Waals surface area (Å²) < 4.78 is 7.14. The molecule has 0 saturated heterocycles. The van der Waals surface area contributed by atoms with Crippen LogP contribution >= 0.6 is 0 Å². The molecule has 3 aromatic rings. The van der Waals surface area contributed by atoms with E-state index in [0.717, 1.165) is 22.2 Å². The lowest BCUT2D eigenvalue weighted by molar-refractivity contribution is -0.111. The van der Waals surface area contributed by atoms with E-state index in [4.69, 9.17) is 10.00 Å². The Bertz CT molecular complexity index is 979. The summed E-state index contributed by atoms with van der Waals surface area (Å²) in [6.45, 7) is 0.628. The van der Waals surface area contributed by atoms with E-state index in [2.05, 4.69) is 11.4 Å². The van der Waals surface area contributed by atoms with E-state index in [1.807, 2.05) is 35.0 Å². The summed E-state index contributed by atoms with van der Waals surface area (Å²) in [7, 11) is 1.60. The average Bonchev–Trinajstić information content (AvgIpc) is 3.03. The molecule has 26 heavy (non-hydrogen) atoms. The Hall–Kier alpha value is -3.52. The van der Waals surface area contributed by atoms with E-state index < -0.39 is 0 Å². The topological polar surface area (TPSA) is 67.0 Å². The van der Waals surface area contributed by atoms with Gasteiger partial charge in [0.25, 0.3) is 0 Å². The molecule has 1 N–H and O–H groups in total. The summed E-state index contributed by atoms with van der Waals surface area (Å²) in [6, 6.07) is 17.3. The number of carbonyl (C=O) groups excluding carboxylic acids is 1. The van der Waals surface area contributed by atoms with E-state index in [1.54, 1.807) is 37.5 Å². The smallest absolute Gasteiger partial charge is 0.248 e. The van der Waals surface area contributed by atoms with Gasteiger partial charge >= 0.3 is 0 Å². The number of hydrogen-bond donors (Lipinski definition) is 1. The first kappa shape index (κ1) is 17.3. The van der Waals surface area contributed by atoms with Crippen LogP contribution in [-0.2, 0) is 11.3 Å². The number of aryl methyl sites for hydroxylation is 1. The zero-order chi connectivity index (χ0) is 18.4. The molecule has 0 radical (unpaired) electrons. The molecule has 130 valence electrons. The number of ether oxygens (including phenoxy) is 1. The van der Waals surface area contributed by atoms with E-state index in [-0.39, 0.29) is 5.91 Å². The molecule has 2 aromatic carbocycles. The fourth-order valence-electron chi connectivity index (χ4n) is 2.79. The van der Waals surface area contributed by atoms with Gasteiger partial charge in [0.2, 0.25) is 5.91 Å². The van der Waals surface area contributed by atoms with Crippen molar-refractivity contribution in [2.75, 3.05) is 12.4 Å². The highest BCUT2D eigenvalue weighted by atomic mass is 16.5. The largest absolute Gasteiger partial charge is 0.497 e. The Morgan fingerprint density at radius 3 is 2.73 bits per heavy atom. The number of amides is 1. The molecule has 1 aromatic heterocycles. The SMILES string of the molecule is COc1ccc(NC(=O)/C=C/c2cn(CCC#N)c3ccccc23)cc1. The van der Waals surface area contributed by atoms with Crippen molar-refractivity contribution in [2.45, 2.75) is 13.0 Å². The number of benzene rings is 2. The van der Waals surface area contributed by atoms with E-state index >= 15 is 0 Å². The second-order valence-corrected chi connectivity index (χ2v) is 5.75. The minimum atomic E-state index is -0.205. The normalized spacial score (nSPS) is 10.8. The molecule has 1 amide bonds. The summed E-state index contributed by atoms with van der Waals surface area (Å²) in [4.78, 5) is 12.2. The first-order valence-corrected chi connectivity index (χ1v) is 8.29. The second-order valence-electron chi connectivity index (χ2n) is 5.75. The lowest BCUT2D eigenvalue weighted by atomic mass is 10.1. The standard InChI is InChI=1S/C21H19N3O2/c1-26-18-10-8-17(9-11-18)23-21(25)12-7-16-15-24(14-4-13-22)20-6-3-2-5-19(16)20/h2-3,5-12,15H,4,14H2,1H3,(H,23,25)/b12-7+. The maximum Gasteiger partial charge on any atom is 0.248 e. The van der Waals surface area contributed by atoms with Gasteiger partial charge in [-0.25, -0.2) is 0 Å². The predicted molar refractivity (Wildman–Crippen MR) is 103 cm³/mol. The van der Waals surface area contributed by atoms with Crippen LogP contribution in [0, 0.1) is 11.3 Å². The molecule has 0 unspecified atom stereocenters. The average molecular weight is 345 g/mol. The molecule has 0 spiro atoms. The Morgan fingerprint density at radius 2 is 2.00 bits per heavy atom. The van der Waals surface area contributed by atoms with Crippen molar-refractivity contribution in [3.05, 3.63) is 66.4 Å². The Labute approximate surface area is 152 Å². The molecule has 1 heterocycles. The van der Waals surface area contributed by atoms with Gasteiger partial charge in [0.15, 0.2) is 0 Å². The van der Waals surface area contributed by atoms with Gasteiger partial charge in [-0.2, -0.15) is 5.26 Å². The van der Waals surface area contributed by atoms with Gasteiger partial charge in [0, 0.05) is 41.0 Å². The molecule has 0 aliphatic rings. The summed E-state index contributed by atoms with van der Waals surface area (Å²) in [6.07, 6.45) is 5.73. The Morgan fingerprint density at radius 1 is 1.23 bits per heavy atom. The maximum absolute atomic E-state index is 12.2. The fraction of sp³-hybridized carbons (Fsp3) is 0.143. The second kappa shape index (κ2) is 8.04. The minimum absolute atomic E-state index is 0.205.